The first kappa shape index (κ1) is 11.4. The summed E-state index contributed by atoms with van der Waals surface area (Å²) in [7, 11) is 0. The van der Waals surface area contributed by atoms with Gasteiger partial charge in [-0.3, -0.25) is 9.78 Å². The molecule has 0 fully saturated rings. The highest BCUT2D eigenvalue weighted by molar-refractivity contribution is 5.69. The summed E-state index contributed by atoms with van der Waals surface area (Å²) in [4.78, 5) is 25.0. The van der Waals surface area contributed by atoms with E-state index >= 15 is 0 Å². The maximum absolute atomic E-state index is 11.1. The molecule has 80 valence electrons. The number of unbranched alkanes of at least 4 members (excludes halogenated alkanes) is 1. The SMILES string of the molecule is O=CCCCC(=O)OCc1cccnc1. The molecular formula is C11H13NO3. The number of rotatable bonds is 6. The van der Waals surface area contributed by atoms with Crippen molar-refractivity contribution in [2.45, 2.75) is 25.9 Å². The molecule has 0 radical (unpaired) electrons. The third-order valence-corrected chi connectivity index (χ3v) is 1.83. The quantitative estimate of drug-likeness (QED) is 0.403. The zero-order chi connectivity index (χ0) is 10.9. The van der Waals surface area contributed by atoms with Gasteiger partial charge in [-0.2, -0.15) is 0 Å². The average Bonchev–Trinajstić information content (AvgIpc) is 2.28. The average molecular weight is 207 g/mol. The molecule has 0 amide bonds. The van der Waals surface area contributed by atoms with Gasteiger partial charge in [0.05, 0.1) is 0 Å². The molecule has 0 saturated carbocycles. The summed E-state index contributed by atoms with van der Waals surface area (Å²) in [6, 6.07) is 3.63. The Labute approximate surface area is 88.3 Å². The lowest BCUT2D eigenvalue weighted by Crippen LogP contribution is -2.04. The Bertz CT molecular complexity index is 311. The summed E-state index contributed by atoms with van der Waals surface area (Å²) in [6.45, 7) is 0.244. The maximum atomic E-state index is 11.1. The van der Waals surface area contributed by atoms with Crippen molar-refractivity contribution >= 4 is 12.3 Å². The fourth-order valence-corrected chi connectivity index (χ4v) is 1.05. The number of carbonyl (C=O) groups excluding carboxylic acids is 2. The van der Waals surface area contributed by atoms with Crippen LogP contribution < -0.4 is 0 Å². The van der Waals surface area contributed by atoms with Gasteiger partial charge in [-0.05, 0) is 12.5 Å². The first-order chi connectivity index (χ1) is 7.33. The summed E-state index contributed by atoms with van der Waals surface area (Å²) in [5.41, 5.74) is 0.862. The van der Waals surface area contributed by atoms with Crippen LogP contribution in [0.2, 0.25) is 0 Å². The van der Waals surface area contributed by atoms with Crippen LogP contribution in [0.5, 0.6) is 0 Å². The van der Waals surface area contributed by atoms with Crippen LogP contribution in [0.3, 0.4) is 0 Å². The zero-order valence-electron chi connectivity index (χ0n) is 8.39. The van der Waals surface area contributed by atoms with E-state index in [9.17, 15) is 9.59 Å². The van der Waals surface area contributed by atoms with Crippen LogP contribution in [-0.4, -0.2) is 17.2 Å². The van der Waals surface area contributed by atoms with Gasteiger partial charge in [0.25, 0.3) is 0 Å². The molecule has 1 rings (SSSR count). The second-order valence-electron chi connectivity index (χ2n) is 3.08. The van der Waals surface area contributed by atoms with E-state index in [1.54, 1.807) is 18.5 Å². The predicted octanol–water partition coefficient (Wildman–Crippen LogP) is 1.49. The van der Waals surface area contributed by atoms with Gasteiger partial charge >= 0.3 is 5.97 Å². The molecule has 0 bridgehead atoms. The summed E-state index contributed by atoms with van der Waals surface area (Å²) in [5.74, 6) is -0.277. The van der Waals surface area contributed by atoms with Gasteiger partial charge in [-0.1, -0.05) is 6.07 Å². The van der Waals surface area contributed by atoms with Crippen molar-refractivity contribution in [1.82, 2.24) is 4.98 Å². The first-order valence-corrected chi connectivity index (χ1v) is 4.81. The van der Waals surface area contributed by atoms with Crippen molar-refractivity contribution in [2.24, 2.45) is 0 Å². The van der Waals surface area contributed by atoms with E-state index < -0.39 is 0 Å². The Kier molecular flexibility index (Phi) is 5.08. The van der Waals surface area contributed by atoms with Gasteiger partial charge in [0, 0.05) is 30.8 Å². The molecule has 0 saturated heterocycles. The van der Waals surface area contributed by atoms with E-state index in [0.29, 0.717) is 19.3 Å². The minimum absolute atomic E-state index is 0.244. The highest BCUT2D eigenvalue weighted by atomic mass is 16.5. The van der Waals surface area contributed by atoms with E-state index in [-0.39, 0.29) is 12.6 Å². The highest BCUT2D eigenvalue weighted by Crippen LogP contribution is 2.01. The number of ether oxygens (including phenoxy) is 1. The number of aromatic nitrogens is 1. The summed E-state index contributed by atoms with van der Waals surface area (Å²) in [6.07, 6.45) is 5.36. The van der Waals surface area contributed by atoms with Crippen LogP contribution in [0.25, 0.3) is 0 Å². The van der Waals surface area contributed by atoms with Crippen molar-refractivity contribution in [1.29, 1.82) is 0 Å². The normalized spacial score (nSPS) is 9.60. The van der Waals surface area contributed by atoms with Crippen molar-refractivity contribution in [3.63, 3.8) is 0 Å². The standard InChI is InChI=1S/C11H13NO3/c13-7-2-1-5-11(14)15-9-10-4-3-6-12-8-10/h3-4,6-8H,1-2,5,9H2. The molecule has 1 aromatic rings. The van der Waals surface area contributed by atoms with Crippen molar-refractivity contribution in [2.75, 3.05) is 0 Å². The van der Waals surface area contributed by atoms with Crippen LogP contribution >= 0.6 is 0 Å². The maximum Gasteiger partial charge on any atom is 0.306 e. The number of nitrogens with zero attached hydrogens (tertiary/aromatic N) is 1. The predicted molar refractivity (Wildman–Crippen MR) is 53.9 cm³/mol. The largest absolute Gasteiger partial charge is 0.461 e. The van der Waals surface area contributed by atoms with Gasteiger partial charge in [-0.15, -0.1) is 0 Å². The van der Waals surface area contributed by atoms with E-state index in [4.69, 9.17) is 4.74 Å². The second-order valence-corrected chi connectivity index (χ2v) is 3.08. The molecule has 0 spiro atoms. The fraction of sp³-hybridized carbons (Fsp3) is 0.364. The minimum Gasteiger partial charge on any atom is -0.461 e. The summed E-state index contributed by atoms with van der Waals surface area (Å²) < 4.78 is 4.98. The molecule has 1 heterocycles. The van der Waals surface area contributed by atoms with Crippen molar-refractivity contribution < 1.29 is 14.3 Å². The molecule has 0 atom stereocenters. The molecule has 0 aliphatic heterocycles. The second kappa shape index (κ2) is 6.70. The molecule has 0 aliphatic rings. The summed E-state index contributed by atoms with van der Waals surface area (Å²) in [5, 5.41) is 0. The topological polar surface area (TPSA) is 56.3 Å². The Morgan fingerprint density at radius 3 is 3.07 bits per heavy atom. The van der Waals surface area contributed by atoms with Gasteiger partial charge < -0.3 is 9.53 Å². The number of carbonyl (C=O) groups is 2. The molecule has 1 aromatic heterocycles. The van der Waals surface area contributed by atoms with E-state index in [0.717, 1.165) is 11.8 Å². The van der Waals surface area contributed by atoms with Crippen molar-refractivity contribution in [3.8, 4) is 0 Å². The number of pyridine rings is 1. The first-order valence-electron chi connectivity index (χ1n) is 4.81. The number of aldehydes is 1. The molecule has 15 heavy (non-hydrogen) atoms. The summed E-state index contributed by atoms with van der Waals surface area (Å²) >= 11 is 0. The van der Waals surface area contributed by atoms with Crippen LogP contribution in [-0.2, 0) is 20.9 Å². The van der Waals surface area contributed by atoms with E-state index in [1.165, 1.54) is 0 Å². The van der Waals surface area contributed by atoms with Crippen molar-refractivity contribution in [3.05, 3.63) is 30.1 Å². The van der Waals surface area contributed by atoms with Crippen LogP contribution in [0.1, 0.15) is 24.8 Å². The van der Waals surface area contributed by atoms with Crippen LogP contribution in [0.15, 0.2) is 24.5 Å². The molecule has 0 aromatic carbocycles. The van der Waals surface area contributed by atoms with Gasteiger partial charge in [0.15, 0.2) is 0 Å². The fourth-order valence-electron chi connectivity index (χ4n) is 1.05. The molecule has 0 N–H and O–H groups in total. The molecule has 0 unspecified atom stereocenters. The minimum atomic E-state index is -0.277. The third kappa shape index (κ3) is 4.90. The molecule has 4 heteroatoms. The number of hydrogen-bond acceptors (Lipinski definition) is 4. The smallest absolute Gasteiger partial charge is 0.306 e. The van der Waals surface area contributed by atoms with Gasteiger partial charge in [0.2, 0.25) is 0 Å². The van der Waals surface area contributed by atoms with Gasteiger partial charge in [-0.25, -0.2) is 0 Å². The Hall–Kier alpha value is -1.71. The lowest BCUT2D eigenvalue weighted by molar-refractivity contribution is -0.145. The van der Waals surface area contributed by atoms with E-state index in [2.05, 4.69) is 4.98 Å². The third-order valence-electron chi connectivity index (χ3n) is 1.83. The number of hydrogen-bond donors (Lipinski definition) is 0. The van der Waals surface area contributed by atoms with Crippen LogP contribution in [0.4, 0.5) is 0 Å². The van der Waals surface area contributed by atoms with Gasteiger partial charge in [0.1, 0.15) is 12.9 Å². The zero-order valence-corrected chi connectivity index (χ0v) is 8.39. The van der Waals surface area contributed by atoms with Crippen LogP contribution in [0, 0.1) is 0 Å². The lowest BCUT2D eigenvalue weighted by atomic mass is 10.2. The lowest BCUT2D eigenvalue weighted by Gasteiger charge is -2.03. The molecular weight excluding hydrogens is 194 g/mol. The monoisotopic (exact) mass is 207 g/mol. The number of esters is 1. The Morgan fingerprint density at radius 2 is 2.40 bits per heavy atom. The van der Waals surface area contributed by atoms with E-state index in [1.807, 2.05) is 6.07 Å². The Morgan fingerprint density at radius 1 is 1.53 bits per heavy atom. The molecule has 4 nitrogen and oxygen atoms in total. The molecule has 0 aliphatic carbocycles. The Balaban J connectivity index is 2.20. The highest BCUT2D eigenvalue weighted by Gasteiger charge is 2.02.